The smallest absolute Gasteiger partial charge is 0.243 e. The number of rotatable bonds is 0. The summed E-state index contributed by atoms with van der Waals surface area (Å²) in [6, 6.07) is -0.411. The SMILES string of the molecule is CC(C)(C)c1c(Br)nnn1C(=O)n1ccnn1. The molecule has 0 saturated heterocycles. The molecule has 2 rings (SSSR count). The molecule has 2 heterocycles. The van der Waals surface area contributed by atoms with Crippen LogP contribution in [0.5, 0.6) is 0 Å². The number of aromatic nitrogens is 6. The standard InChI is InChI=1S/C9H11BrN6O/c1-9(2,3)6-7(10)12-14-16(6)8(17)15-5-4-11-13-15/h4-5H,1-3H3. The summed E-state index contributed by atoms with van der Waals surface area (Å²) in [5.74, 6) is 0. The molecule has 17 heavy (non-hydrogen) atoms. The average Bonchev–Trinajstić information content (AvgIpc) is 2.83. The molecule has 0 aromatic carbocycles. The number of carbonyl (C=O) groups excluding carboxylic acids is 1. The molecule has 0 aliphatic heterocycles. The Bertz CT molecular complexity index is 538. The van der Waals surface area contributed by atoms with Gasteiger partial charge in [-0.1, -0.05) is 31.2 Å². The third kappa shape index (κ3) is 2.12. The lowest BCUT2D eigenvalue weighted by Crippen LogP contribution is -2.28. The molecule has 2 aromatic heterocycles. The number of hydrogen-bond acceptors (Lipinski definition) is 5. The van der Waals surface area contributed by atoms with E-state index in [2.05, 4.69) is 36.6 Å². The summed E-state index contributed by atoms with van der Waals surface area (Å²) in [7, 11) is 0. The fourth-order valence-electron chi connectivity index (χ4n) is 1.43. The van der Waals surface area contributed by atoms with E-state index in [4.69, 9.17) is 0 Å². The molecule has 0 amide bonds. The van der Waals surface area contributed by atoms with Crippen LogP contribution in [0, 0.1) is 0 Å². The number of nitrogens with zero attached hydrogens (tertiary/aromatic N) is 6. The number of halogens is 1. The normalized spacial score (nSPS) is 11.8. The first-order valence-electron chi connectivity index (χ1n) is 4.94. The minimum atomic E-state index is -0.411. The first kappa shape index (κ1) is 11.9. The molecule has 0 atom stereocenters. The second-order valence-electron chi connectivity index (χ2n) is 4.52. The Kier molecular flexibility index (Phi) is 2.82. The van der Waals surface area contributed by atoms with Crippen LogP contribution >= 0.6 is 15.9 Å². The predicted octanol–water partition coefficient (Wildman–Crippen LogP) is 1.45. The summed E-state index contributed by atoms with van der Waals surface area (Å²) in [4.78, 5) is 12.1. The van der Waals surface area contributed by atoms with Crippen LogP contribution in [0.1, 0.15) is 26.5 Å². The van der Waals surface area contributed by atoms with Gasteiger partial charge in [-0.25, -0.2) is 4.79 Å². The van der Waals surface area contributed by atoms with Crippen LogP contribution in [0.25, 0.3) is 0 Å². The third-order valence-corrected chi connectivity index (χ3v) is 2.67. The highest BCUT2D eigenvalue weighted by Crippen LogP contribution is 2.27. The predicted molar refractivity (Wildman–Crippen MR) is 62.6 cm³/mol. The molecule has 90 valence electrons. The maximum Gasteiger partial charge on any atom is 0.372 e. The van der Waals surface area contributed by atoms with Gasteiger partial charge >= 0.3 is 6.03 Å². The van der Waals surface area contributed by atoms with E-state index in [9.17, 15) is 4.79 Å². The molecule has 8 heteroatoms. The van der Waals surface area contributed by atoms with E-state index in [-0.39, 0.29) is 5.41 Å². The highest BCUT2D eigenvalue weighted by atomic mass is 79.9. The van der Waals surface area contributed by atoms with Crippen LogP contribution in [0.2, 0.25) is 0 Å². The quantitative estimate of drug-likeness (QED) is 0.735. The van der Waals surface area contributed by atoms with E-state index in [1.807, 2.05) is 20.8 Å². The molecule has 0 saturated carbocycles. The Hall–Kier alpha value is -1.57. The summed E-state index contributed by atoms with van der Waals surface area (Å²) in [6.07, 6.45) is 2.89. The lowest BCUT2D eigenvalue weighted by molar-refractivity contribution is 0.235. The van der Waals surface area contributed by atoms with Crippen LogP contribution in [0.4, 0.5) is 4.79 Å². The van der Waals surface area contributed by atoms with Crippen molar-refractivity contribution in [3.05, 3.63) is 22.7 Å². The van der Waals surface area contributed by atoms with Gasteiger partial charge in [0.15, 0.2) is 4.60 Å². The van der Waals surface area contributed by atoms with Crippen LogP contribution in [-0.2, 0) is 5.41 Å². The molecule has 0 spiro atoms. The minimum absolute atomic E-state index is 0.265. The van der Waals surface area contributed by atoms with E-state index in [0.717, 1.165) is 4.68 Å². The molecule has 0 bridgehead atoms. The van der Waals surface area contributed by atoms with Gasteiger partial charge in [0.2, 0.25) is 0 Å². The number of hydrogen-bond donors (Lipinski definition) is 0. The molecular weight excluding hydrogens is 288 g/mol. The largest absolute Gasteiger partial charge is 0.372 e. The highest BCUT2D eigenvalue weighted by Gasteiger charge is 2.28. The lowest BCUT2D eigenvalue weighted by atomic mass is 9.93. The van der Waals surface area contributed by atoms with Gasteiger partial charge < -0.3 is 0 Å². The average molecular weight is 299 g/mol. The molecule has 0 radical (unpaired) electrons. The van der Waals surface area contributed by atoms with Crippen molar-refractivity contribution in [1.29, 1.82) is 0 Å². The maximum atomic E-state index is 12.1. The summed E-state index contributed by atoms with van der Waals surface area (Å²) in [5, 5.41) is 14.9. The van der Waals surface area contributed by atoms with Gasteiger partial charge in [0.25, 0.3) is 0 Å². The zero-order valence-electron chi connectivity index (χ0n) is 9.62. The van der Waals surface area contributed by atoms with Crippen LogP contribution in [-0.4, -0.2) is 36.0 Å². The second kappa shape index (κ2) is 4.02. The van der Waals surface area contributed by atoms with E-state index in [1.165, 1.54) is 17.1 Å². The zero-order chi connectivity index (χ0) is 12.6. The first-order chi connectivity index (χ1) is 7.91. The van der Waals surface area contributed by atoms with Gasteiger partial charge in [0, 0.05) is 5.41 Å². The first-order valence-corrected chi connectivity index (χ1v) is 5.73. The van der Waals surface area contributed by atoms with E-state index >= 15 is 0 Å². The molecule has 0 unspecified atom stereocenters. The van der Waals surface area contributed by atoms with Crippen molar-refractivity contribution in [2.24, 2.45) is 0 Å². The summed E-state index contributed by atoms with van der Waals surface area (Å²) < 4.78 is 2.88. The molecule has 2 aromatic rings. The van der Waals surface area contributed by atoms with Crippen molar-refractivity contribution in [2.45, 2.75) is 26.2 Å². The van der Waals surface area contributed by atoms with Crippen molar-refractivity contribution in [3.63, 3.8) is 0 Å². The fraction of sp³-hybridized carbons (Fsp3) is 0.444. The van der Waals surface area contributed by atoms with E-state index < -0.39 is 6.03 Å². The molecule has 0 N–H and O–H groups in total. The van der Waals surface area contributed by atoms with Crippen molar-refractivity contribution in [2.75, 3.05) is 0 Å². The molecule has 0 aliphatic carbocycles. The molecule has 0 fully saturated rings. The van der Waals surface area contributed by atoms with Gasteiger partial charge in [0.05, 0.1) is 18.1 Å². The Morgan fingerprint density at radius 2 is 2.06 bits per heavy atom. The summed E-state index contributed by atoms with van der Waals surface area (Å²) >= 11 is 3.29. The Labute approximate surface area is 106 Å². The van der Waals surface area contributed by atoms with Gasteiger partial charge in [-0.15, -0.1) is 10.2 Å². The van der Waals surface area contributed by atoms with Crippen molar-refractivity contribution in [3.8, 4) is 0 Å². The van der Waals surface area contributed by atoms with E-state index in [1.54, 1.807) is 0 Å². The highest BCUT2D eigenvalue weighted by molar-refractivity contribution is 9.10. The lowest BCUT2D eigenvalue weighted by Gasteiger charge is -2.18. The van der Waals surface area contributed by atoms with Gasteiger partial charge in [-0.3, -0.25) is 0 Å². The summed E-state index contributed by atoms with van der Waals surface area (Å²) in [6.45, 7) is 5.92. The Balaban J connectivity index is 2.51. The van der Waals surface area contributed by atoms with Crippen molar-refractivity contribution >= 4 is 22.0 Å². The molecular formula is C9H11BrN6O. The maximum absolute atomic E-state index is 12.1. The van der Waals surface area contributed by atoms with Gasteiger partial charge in [-0.05, 0) is 15.9 Å². The summed E-state index contributed by atoms with van der Waals surface area (Å²) in [5.41, 5.74) is 0.427. The van der Waals surface area contributed by atoms with Crippen molar-refractivity contribution in [1.82, 2.24) is 30.0 Å². The molecule has 0 aliphatic rings. The Morgan fingerprint density at radius 1 is 1.35 bits per heavy atom. The van der Waals surface area contributed by atoms with Crippen LogP contribution < -0.4 is 0 Å². The Morgan fingerprint density at radius 3 is 2.59 bits per heavy atom. The molecule has 7 nitrogen and oxygen atoms in total. The van der Waals surface area contributed by atoms with Gasteiger partial charge in [-0.2, -0.15) is 9.36 Å². The number of carbonyl (C=O) groups is 1. The second-order valence-corrected chi connectivity index (χ2v) is 5.27. The monoisotopic (exact) mass is 298 g/mol. The fourth-order valence-corrected chi connectivity index (χ4v) is 2.27. The zero-order valence-corrected chi connectivity index (χ0v) is 11.2. The minimum Gasteiger partial charge on any atom is -0.243 e. The van der Waals surface area contributed by atoms with E-state index in [0.29, 0.717) is 10.3 Å². The third-order valence-electron chi connectivity index (χ3n) is 2.14. The van der Waals surface area contributed by atoms with Crippen LogP contribution in [0.3, 0.4) is 0 Å². The topological polar surface area (TPSA) is 78.5 Å². The van der Waals surface area contributed by atoms with Crippen molar-refractivity contribution < 1.29 is 4.79 Å². The van der Waals surface area contributed by atoms with Crippen LogP contribution in [0.15, 0.2) is 17.0 Å². The van der Waals surface area contributed by atoms with Gasteiger partial charge in [0.1, 0.15) is 0 Å².